The van der Waals surface area contributed by atoms with E-state index in [2.05, 4.69) is 40.0 Å². The number of hydrogen-bond donors (Lipinski definition) is 2. The van der Waals surface area contributed by atoms with Crippen LogP contribution in [-0.2, 0) is 0 Å². The molecule has 2 nitrogen and oxygen atoms in total. The minimum absolute atomic E-state index is 0.479. The zero-order chi connectivity index (χ0) is 19.2. The number of nitrogens with one attached hydrogen (secondary N) is 1. The first-order chi connectivity index (χ1) is 12.5. The van der Waals surface area contributed by atoms with Crippen LogP contribution in [0.5, 0.6) is 0 Å². The molecule has 2 rings (SSSR count). The molecule has 0 amide bonds. The SMILES string of the molecule is CCCCCCC1CCC(C)(CC)C2C(CCCCC2(C)CC)C1NN. The molecule has 2 saturated carbocycles. The highest BCUT2D eigenvalue weighted by Crippen LogP contribution is 2.59. The third kappa shape index (κ3) is 4.66. The highest BCUT2D eigenvalue weighted by molar-refractivity contribution is 5.03. The van der Waals surface area contributed by atoms with Crippen molar-refractivity contribution in [1.29, 1.82) is 0 Å². The summed E-state index contributed by atoms with van der Waals surface area (Å²) in [4.78, 5) is 0. The molecule has 0 heterocycles. The molecule has 0 saturated heterocycles. The van der Waals surface area contributed by atoms with Crippen LogP contribution >= 0.6 is 0 Å². The lowest BCUT2D eigenvalue weighted by atomic mass is 9.55. The van der Waals surface area contributed by atoms with Gasteiger partial charge in [0.15, 0.2) is 0 Å². The standard InChI is InChI=1S/C24H48N2/c1-6-9-10-11-14-19-16-18-24(5,8-3)22-20(21(19)26-25)15-12-13-17-23(22,4)7-2/h19-22,26H,6-18,25H2,1-5H3. The molecule has 0 aromatic carbocycles. The molecule has 154 valence electrons. The van der Waals surface area contributed by atoms with E-state index in [1.165, 1.54) is 83.5 Å². The maximum Gasteiger partial charge on any atom is 0.0270 e. The average Bonchev–Trinajstić information content (AvgIpc) is 2.89. The van der Waals surface area contributed by atoms with Crippen molar-refractivity contribution in [1.82, 2.24) is 5.43 Å². The van der Waals surface area contributed by atoms with Crippen LogP contribution in [-0.4, -0.2) is 6.04 Å². The molecule has 0 bridgehead atoms. The van der Waals surface area contributed by atoms with E-state index in [4.69, 9.17) is 5.84 Å². The van der Waals surface area contributed by atoms with Gasteiger partial charge in [-0.1, -0.05) is 86.0 Å². The molecular formula is C24H48N2. The van der Waals surface area contributed by atoms with Gasteiger partial charge in [-0.05, 0) is 60.7 Å². The molecule has 6 unspecified atom stereocenters. The van der Waals surface area contributed by atoms with Gasteiger partial charge < -0.3 is 0 Å². The highest BCUT2D eigenvalue weighted by atomic mass is 15.2. The Morgan fingerprint density at radius 3 is 2.19 bits per heavy atom. The van der Waals surface area contributed by atoms with Crippen LogP contribution in [0.1, 0.15) is 118 Å². The van der Waals surface area contributed by atoms with E-state index < -0.39 is 0 Å². The first kappa shape index (κ1) is 22.2. The summed E-state index contributed by atoms with van der Waals surface area (Å²) < 4.78 is 0. The van der Waals surface area contributed by atoms with Crippen molar-refractivity contribution < 1.29 is 0 Å². The van der Waals surface area contributed by atoms with Crippen LogP contribution in [0.25, 0.3) is 0 Å². The molecule has 2 aliphatic carbocycles. The molecule has 3 N–H and O–H groups in total. The Bertz CT molecular complexity index is 409. The van der Waals surface area contributed by atoms with E-state index in [1.54, 1.807) is 0 Å². The lowest BCUT2D eigenvalue weighted by Gasteiger charge is -2.51. The average molecular weight is 365 g/mol. The molecule has 26 heavy (non-hydrogen) atoms. The maximum absolute atomic E-state index is 6.26. The summed E-state index contributed by atoms with van der Waals surface area (Å²) in [6.45, 7) is 12.4. The Labute approximate surface area is 164 Å². The number of unbranched alkanes of at least 4 members (excludes halogenated alkanes) is 3. The molecule has 0 aromatic heterocycles. The summed E-state index contributed by atoms with van der Waals surface area (Å²) in [6.07, 6.45) is 17.9. The van der Waals surface area contributed by atoms with E-state index in [0.717, 1.165) is 17.8 Å². The quantitative estimate of drug-likeness (QED) is 0.281. The number of nitrogens with two attached hydrogens (primary N) is 1. The third-order valence-corrected chi connectivity index (χ3v) is 8.76. The fraction of sp³-hybridized carbons (Fsp3) is 1.00. The number of fused-ring (bicyclic) bond motifs is 1. The zero-order valence-electron chi connectivity index (χ0n) is 18.6. The van der Waals surface area contributed by atoms with E-state index in [1.807, 2.05) is 0 Å². The van der Waals surface area contributed by atoms with Crippen LogP contribution in [0.2, 0.25) is 0 Å². The fourth-order valence-electron chi connectivity index (χ4n) is 6.90. The molecule has 6 atom stereocenters. The Hall–Kier alpha value is -0.0800. The van der Waals surface area contributed by atoms with Crippen molar-refractivity contribution in [2.24, 2.45) is 34.4 Å². The highest BCUT2D eigenvalue weighted by Gasteiger charge is 2.53. The van der Waals surface area contributed by atoms with Gasteiger partial charge in [0, 0.05) is 6.04 Å². The normalized spacial score (nSPS) is 41.3. The van der Waals surface area contributed by atoms with Crippen LogP contribution in [0.3, 0.4) is 0 Å². The van der Waals surface area contributed by atoms with Crippen LogP contribution in [0.15, 0.2) is 0 Å². The predicted molar refractivity (Wildman–Crippen MR) is 115 cm³/mol. The van der Waals surface area contributed by atoms with Gasteiger partial charge in [0.25, 0.3) is 0 Å². The smallest absolute Gasteiger partial charge is 0.0270 e. The Morgan fingerprint density at radius 2 is 1.58 bits per heavy atom. The molecule has 0 spiro atoms. The molecular weight excluding hydrogens is 316 g/mol. The Kier molecular flexibility index (Phi) is 8.47. The van der Waals surface area contributed by atoms with Gasteiger partial charge in [0.1, 0.15) is 0 Å². The minimum Gasteiger partial charge on any atom is -0.271 e. The molecule has 0 aromatic rings. The minimum atomic E-state index is 0.479. The van der Waals surface area contributed by atoms with E-state index in [0.29, 0.717) is 16.9 Å². The predicted octanol–water partition coefficient (Wildman–Crippen LogP) is 6.84. The summed E-state index contributed by atoms with van der Waals surface area (Å²) in [6, 6.07) is 0.527. The zero-order valence-corrected chi connectivity index (χ0v) is 18.6. The molecule has 2 fully saturated rings. The first-order valence-corrected chi connectivity index (χ1v) is 11.9. The van der Waals surface area contributed by atoms with Crippen molar-refractivity contribution in [3.05, 3.63) is 0 Å². The van der Waals surface area contributed by atoms with Gasteiger partial charge in [-0.2, -0.15) is 0 Å². The van der Waals surface area contributed by atoms with Crippen LogP contribution in [0, 0.1) is 28.6 Å². The van der Waals surface area contributed by atoms with Gasteiger partial charge in [-0.25, -0.2) is 0 Å². The molecule has 2 aliphatic rings. The van der Waals surface area contributed by atoms with Gasteiger partial charge in [0.05, 0.1) is 0 Å². The summed E-state index contributed by atoms with van der Waals surface area (Å²) in [5.74, 6) is 8.61. The summed E-state index contributed by atoms with van der Waals surface area (Å²) in [5.41, 5.74) is 4.35. The monoisotopic (exact) mass is 364 g/mol. The van der Waals surface area contributed by atoms with Crippen molar-refractivity contribution in [2.75, 3.05) is 0 Å². The number of hydrazine groups is 1. The van der Waals surface area contributed by atoms with Crippen molar-refractivity contribution >= 4 is 0 Å². The molecule has 0 aliphatic heterocycles. The molecule has 0 radical (unpaired) electrons. The van der Waals surface area contributed by atoms with Crippen LogP contribution in [0.4, 0.5) is 0 Å². The van der Waals surface area contributed by atoms with E-state index in [-0.39, 0.29) is 0 Å². The topological polar surface area (TPSA) is 38.0 Å². The summed E-state index contributed by atoms with van der Waals surface area (Å²) in [5, 5.41) is 0. The lowest BCUT2D eigenvalue weighted by molar-refractivity contribution is -0.0155. The number of hydrogen-bond acceptors (Lipinski definition) is 2. The van der Waals surface area contributed by atoms with Gasteiger partial charge in [-0.3, -0.25) is 11.3 Å². The third-order valence-electron chi connectivity index (χ3n) is 8.76. The Morgan fingerprint density at radius 1 is 0.885 bits per heavy atom. The fourth-order valence-corrected chi connectivity index (χ4v) is 6.90. The van der Waals surface area contributed by atoms with Crippen molar-refractivity contribution in [3.63, 3.8) is 0 Å². The number of rotatable bonds is 8. The summed E-state index contributed by atoms with van der Waals surface area (Å²) >= 11 is 0. The van der Waals surface area contributed by atoms with E-state index >= 15 is 0 Å². The Balaban J connectivity index is 2.31. The largest absolute Gasteiger partial charge is 0.271 e. The van der Waals surface area contributed by atoms with Crippen molar-refractivity contribution in [3.8, 4) is 0 Å². The van der Waals surface area contributed by atoms with E-state index in [9.17, 15) is 0 Å². The van der Waals surface area contributed by atoms with Gasteiger partial charge in [-0.15, -0.1) is 0 Å². The second-order valence-electron chi connectivity index (χ2n) is 10.2. The van der Waals surface area contributed by atoms with Gasteiger partial charge >= 0.3 is 0 Å². The van der Waals surface area contributed by atoms with Gasteiger partial charge in [0.2, 0.25) is 0 Å². The van der Waals surface area contributed by atoms with Crippen molar-refractivity contribution in [2.45, 2.75) is 124 Å². The second kappa shape index (κ2) is 9.92. The first-order valence-electron chi connectivity index (χ1n) is 11.9. The summed E-state index contributed by atoms with van der Waals surface area (Å²) in [7, 11) is 0. The maximum atomic E-state index is 6.26. The molecule has 2 heteroatoms. The second-order valence-corrected chi connectivity index (χ2v) is 10.2. The lowest BCUT2D eigenvalue weighted by Crippen LogP contribution is -2.52. The van der Waals surface area contributed by atoms with Crippen LogP contribution < -0.4 is 11.3 Å².